The van der Waals surface area contributed by atoms with E-state index in [1.54, 1.807) is 7.11 Å². The van der Waals surface area contributed by atoms with Crippen molar-refractivity contribution in [2.24, 2.45) is 0 Å². The number of methoxy groups -OCH3 is 2. The summed E-state index contributed by atoms with van der Waals surface area (Å²) in [5.41, 5.74) is 6.38. The van der Waals surface area contributed by atoms with E-state index < -0.39 is 5.97 Å². The van der Waals surface area contributed by atoms with Crippen LogP contribution in [0.5, 0.6) is 5.75 Å². The largest absolute Gasteiger partial charge is 0.482 e. The number of benzene rings is 1. The molecule has 3 N–H and O–H groups in total. The number of rotatable bonds is 8. The van der Waals surface area contributed by atoms with Gasteiger partial charge < -0.3 is 25.3 Å². The molecule has 0 saturated carbocycles. The van der Waals surface area contributed by atoms with Gasteiger partial charge in [0.05, 0.1) is 18.4 Å². The van der Waals surface area contributed by atoms with E-state index in [0.29, 0.717) is 24.4 Å². The van der Waals surface area contributed by atoms with E-state index in [4.69, 9.17) is 15.2 Å². The molecule has 0 fully saturated rings. The van der Waals surface area contributed by atoms with Gasteiger partial charge in [0.15, 0.2) is 6.61 Å². The molecule has 1 rings (SSSR count). The lowest BCUT2D eigenvalue weighted by Crippen LogP contribution is -2.30. The van der Waals surface area contributed by atoms with Crippen LogP contribution in [0.25, 0.3) is 0 Å². The molecule has 0 spiro atoms. The first-order valence-corrected chi connectivity index (χ1v) is 6.44. The van der Waals surface area contributed by atoms with E-state index in [1.807, 2.05) is 0 Å². The molecule has 0 saturated heterocycles. The highest BCUT2D eigenvalue weighted by molar-refractivity contribution is 5.90. The molecule has 0 radical (unpaired) electrons. The van der Waals surface area contributed by atoms with Crippen LogP contribution in [0.3, 0.4) is 0 Å². The number of nitrogens with two attached hydrogens (primary N) is 1. The first kappa shape index (κ1) is 16.8. The SMILES string of the molecule is COCCCNC(=O)COc1cc(C(=O)OC)ccc1N. The molecule has 0 atom stereocenters. The number of esters is 1. The Morgan fingerprint density at radius 2 is 2.05 bits per heavy atom. The van der Waals surface area contributed by atoms with E-state index in [1.165, 1.54) is 25.3 Å². The number of ether oxygens (including phenoxy) is 3. The molecule has 0 aliphatic rings. The Morgan fingerprint density at radius 1 is 1.29 bits per heavy atom. The van der Waals surface area contributed by atoms with E-state index in [-0.39, 0.29) is 18.3 Å². The second-order valence-corrected chi connectivity index (χ2v) is 4.23. The molecule has 7 heteroatoms. The minimum absolute atomic E-state index is 0.179. The Labute approximate surface area is 123 Å². The highest BCUT2D eigenvalue weighted by Gasteiger charge is 2.10. The van der Waals surface area contributed by atoms with Gasteiger partial charge in [0.25, 0.3) is 5.91 Å². The van der Waals surface area contributed by atoms with Crippen molar-refractivity contribution in [3.8, 4) is 5.75 Å². The van der Waals surface area contributed by atoms with Gasteiger partial charge in [-0.1, -0.05) is 0 Å². The standard InChI is InChI=1S/C14H20N2O5/c1-19-7-3-6-16-13(17)9-21-12-8-10(14(18)20-2)4-5-11(12)15/h4-5,8H,3,6-7,9,15H2,1-2H3,(H,16,17). The summed E-state index contributed by atoms with van der Waals surface area (Å²) >= 11 is 0. The molecule has 1 aromatic carbocycles. The second-order valence-electron chi connectivity index (χ2n) is 4.23. The highest BCUT2D eigenvalue weighted by Crippen LogP contribution is 2.23. The topological polar surface area (TPSA) is 99.9 Å². The normalized spacial score (nSPS) is 10.0. The average molecular weight is 296 g/mol. The average Bonchev–Trinajstić information content (AvgIpc) is 2.50. The maximum absolute atomic E-state index is 11.6. The van der Waals surface area contributed by atoms with Crippen LogP contribution in [0, 0.1) is 0 Å². The number of carbonyl (C=O) groups excluding carboxylic acids is 2. The van der Waals surface area contributed by atoms with Crippen LogP contribution in [0.1, 0.15) is 16.8 Å². The fraction of sp³-hybridized carbons (Fsp3) is 0.429. The molecule has 21 heavy (non-hydrogen) atoms. The number of anilines is 1. The van der Waals surface area contributed by atoms with Crippen molar-refractivity contribution in [2.45, 2.75) is 6.42 Å². The van der Waals surface area contributed by atoms with Crippen molar-refractivity contribution in [2.75, 3.05) is 39.7 Å². The Bertz CT molecular complexity index is 490. The lowest BCUT2D eigenvalue weighted by atomic mass is 10.2. The summed E-state index contributed by atoms with van der Waals surface area (Å²) in [6.45, 7) is 0.908. The van der Waals surface area contributed by atoms with Crippen LogP contribution in [0.15, 0.2) is 18.2 Å². The maximum atomic E-state index is 11.6. The fourth-order valence-corrected chi connectivity index (χ4v) is 1.54. The van der Waals surface area contributed by atoms with Gasteiger partial charge in [0, 0.05) is 20.3 Å². The third-order valence-corrected chi connectivity index (χ3v) is 2.64. The van der Waals surface area contributed by atoms with Gasteiger partial charge in [-0.05, 0) is 24.6 Å². The van der Waals surface area contributed by atoms with Gasteiger partial charge in [-0.3, -0.25) is 4.79 Å². The summed E-state index contributed by atoms with van der Waals surface area (Å²) in [7, 11) is 2.88. The summed E-state index contributed by atoms with van der Waals surface area (Å²) in [4.78, 5) is 23.0. The van der Waals surface area contributed by atoms with Crippen molar-refractivity contribution in [3.05, 3.63) is 23.8 Å². The van der Waals surface area contributed by atoms with E-state index in [9.17, 15) is 9.59 Å². The number of hydrogen-bond acceptors (Lipinski definition) is 6. The van der Waals surface area contributed by atoms with E-state index in [2.05, 4.69) is 10.1 Å². The molecule has 1 amide bonds. The van der Waals surface area contributed by atoms with Crippen LogP contribution in [0.2, 0.25) is 0 Å². The second kappa shape index (κ2) is 8.80. The quantitative estimate of drug-likeness (QED) is 0.414. The highest BCUT2D eigenvalue weighted by atomic mass is 16.5. The molecule has 0 unspecified atom stereocenters. The number of nitrogens with one attached hydrogen (secondary N) is 1. The number of nitrogen functional groups attached to an aromatic ring is 1. The third-order valence-electron chi connectivity index (χ3n) is 2.64. The monoisotopic (exact) mass is 296 g/mol. The van der Waals surface area contributed by atoms with Gasteiger partial charge in [-0.2, -0.15) is 0 Å². The van der Waals surface area contributed by atoms with Crippen molar-refractivity contribution in [1.82, 2.24) is 5.32 Å². The molecule has 1 aromatic rings. The smallest absolute Gasteiger partial charge is 0.337 e. The zero-order valence-corrected chi connectivity index (χ0v) is 12.2. The third kappa shape index (κ3) is 5.70. The van der Waals surface area contributed by atoms with Crippen molar-refractivity contribution in [3.63, 3.8) is 0 Å². The first-order valence-electron chi connectivity index (χ1n) is 6.44. The first-order chi connectivity index (χ1) is 10.1. The predicted molar refractivity (Wildman–Crippen MR) is 77.2 cm³/mol. The zero-order chi connectivity index (χ0) is 15.7. The van der Waals surface area contributed by atoms with Crippen LogP contribution in [0.4, 0.5) is 5.69 Å². The van der Waals surface area contributed by atoms with Crippen LogP contribution in [-0.2, 0) is 14.3 Å². The minimum Gasteiger partial charge on any atom is -0.482 e. The lowest BCUT2D eigenvalue weighted by Gasteiger charge is -2.10. The number of carbonyl (C=O) groups is 2. The Kier molecular flexibility index (Phi) is 7.03. The van der Waals surface area contributed by atoms with Gasteiger partial charge in [-0.25, -0.2) is 4.79 Å². The fourth-order valence-electron chi connectivity index (χ4n) is 1.54. The summed E-state index contributed by atoms with van der Waals surface area (Å²) in [5, 5.41) is 2.68. The van der Waals surface area contributed by atoms with Crippen molar-refractivity contribution in [1.29, 1.82) is 0 Å². The zero-order valence-electron chi connectivity index (χ0n) is 12.2. The van der Waals surface area contributed by atoms with Gasteiger partial charge in [-0.15, -0.1) is 0 Å². The molecular weight excluding hydrogens is 276 g/mol. The summed E-state index contributed by atoms with van der Waals surface area (Å²) < 4.78 is 14.8. The molecule has 0 aromatic heterocycles. The number of hydrogen-bond donors (Lipinski definition) is 2. The van der Waals surface area contributed by atoms with Gasteiger partial charge in [0.1, 0.15) is 5.75 Å². The molecule has 0 aliphatic carbocycles. The molecule has 7 nitrogen and oxygen atoms in total. The van der Waals surface area contributed by atoms with Crippen LogP contribution >= 0.6 is 0 Å². The van der Waals surface area contributed by atoms with Crippen LogP contribution in [-0.4, -0.2) is 45.9 Å². The Hall–Kier alpha value is -2.28. The van der Waals surface area contributed by atoms with Crippen molar-refractivity contribution >= 4 is 17.6 Å². The summed E-state index contributed by atoms with van der Waals surface area (Å²) in [6.07, 6.45) is 0.724. The predicted octanol–water partition coefficient (Wildman–Crippen LogP) is 0.587. The van der Waals surface area contributed by atoms with E-state index >= 15 is 0 Å². The molecule has 116 valence electrons. The molecule has 0 heterocycles. The Morgan fingerprint density at radius 3 is 2.71 bits per heavy atom. The molecular formula is C14H20N2O5. The molecule has 0 bridgehead atoms. The van der Waals surface area contributed by atoms with Gasteiger partial charge in [0.2, 0.25) is 0 Å². The van der Waals surface area contributed by atoms with E-state index in [0.717, 1.165) is 6.42 Å². The Balaban J connectivity index is 2.50. The minimum atomic E-state index is -0.496. The van der Waals surface area contributed by atoms with Crippen LogP contribution < -0.4 is 15.8 Å². The van der Waals surface area contributed by atoms with Gasteiger partial charge >= 0.3 is 5.97 Å². The molecule has 0 aliphatic heterocycles. The lowest BCUT2D eigenvalue weighted by molar-refractivity contribution is -0.123. The maximum Gasteiger partial charge on any atom is 0.337 e. The number of amides is 1. The summed E-state index contributed by atoms with van der Waals surface area (Å²) in [5.74, 6) is -0.497. The summed E-state index contributed by atoms with van der Waals surface area (Å²) in [6, 6.07) is 4.50. The van der Waals surface area contributed by atoms with Crippen molar-refractivity contribution < 1.29 is 23.8 Å².